The number of guanidine groups is 1. The first kappa shape index (κ1) is 12.5. The van der Waals surface area contributed by atoms with Gasteiger partial charge in [0.2, 0.25) is 0 Å². The topological polar surface area (TPSA) is 50.4 Å². The lowest BCUT2D eigenvalue weighted by atomic mass is 9.97. The Morgan fingerprint density at radius 1 is 1.32 bits per heavy atom. The third-order valence-corrected chi connectivity index (χ3v) is 3.96. The van der Waals surface area contributed by atoms with Crippen LogP contribution in [0.5, 0.6) is 0 Å². The maximum absolute atomic E-state index is 12.9. The molecule has 19 heavy (non-hydrogen) atoms. The van der Waals surface area contributed by atoms with E-state index in [4.69, 9.17) is 5.73 Å². The van der Waals surface area contributed by atoms with E-state index < -0.39 is 0 Å². The summed E-state index contributed by atoms with van der Waals surface area (Å²) in [6.45, 7) is 0.774. The van der Waals surface area contributed by atoms with Crippen LogP contribution in [0.4, 0.5) is 4.39 Å². The summed E-state index contributed by atoms with van der Waals surface area (Å²) >= 11 is 0. The molecule has 3 rings (SSSR count). The zero-order valence-corrected chi connectivity index (χ0v) is 11.0. The minimum Gasteiger partial charge on any atom is -0.370 e. The molecule has 0 heterocycles. The van der Waals surface area contributed by atoms with Crippen LogP contribution in [0, 0.1) is 11.2 Å². The summed E-state index contributed by atoms with van der Waals surface area (Å²) in [5, 5.41) is 3.20. The van der Waals surface area contributed by atoms with Crippen LogP contribution in [0.25, 0.3) is 0 Å². The number of nitrogens with two attached hydrogens (primary N) is 1. The van der Waals surface area contributed by atoms with Crippen LogP contribution in [-0.2, 0) is 6.42 Å². The molecular formula is C15H20FN3. The molecule has 1 aromatic carbocycles. The maximum atomic E-state index is 12.9. The van der Waals surface area contributed by atoms with E-state index >= 15 is 0 Å². The van der Waals surface area contributed by atoms with Crippen molar-refractivity contribution in [2.24, 2.45) is 16.1 Å². The van der Waals surface area contributed by atoms with Gasteiger partial charge in [0.15, 0.2) is 5.96 Å². The molecule has 4 heteroatoms. The predicted molar refractivity (Wildman–Crippen MR) is 74.4 cm³/mol. The minimum absolute atomic E-state index is 0.176. The molecule has 0 radical (unpaired) electrons. The lowest BCUT2D eigenvalue weighted by Gasteiger charge is -2.13. The number of aliphatic imine (C=N–C) groups is 1. The zero-order valence-electron chi connectivity index (χ0n) is 11.0. The van der Waals surface area contributed by atoms with Gasteiger partial charge in [0.25, 0.3) is 0 Å². The Balaban J connectivity index is 1.55. The van der Waals surface area contributed by atoms with Gasteiger partial charge >= 0.3 is 0 Å². The molecule has 0 amide bonds. The van der Waals surface area contributed by atoms with Gasteiger partial charge in [-0.15, -0.1) is 0 Å². The summed E-state index contributed by atoms with van der Waals surface area (Å²) < 4.78 is 12.9. The fraction of sp³-hybridized carbons (Fsp3) is 0.533. The number of halogens is 1. The van der Waals surface area contributed by atoms with E-state index in [1.165, 1.54) is 43.4 Å². The van der Waals surface area contributed by atoms with E-state index in [-0.39, 0.29) is 11.2 Å². The molecule has 0 atom stereocenters. The van der Waals surface area contributed by atoms with Gasteiger partial charge in [0, 0.05) is 12.6 Å². The van der Waals surface area contributed by atoms with Crippen molar-refractivity contribution in [3.8, 4) is 0 Å². The molecule has 1 aromatic rings. The smallest absolute Gasteiger partial charge is 0.188 e. The number of rotatable bonds is 5. The fourth-order valence-electron chi connectivity index (χ4n) is 2.34. The van der Waals surface area contributed by atoms with Crippen LogP contribution < -0.4 is 11.1 Å². The average molecular weight is 261 g/mol. The average Bonchev–Trinajstić information content (AvgIpc) is 3.28. The van der Waals surface area contributed by atoms with E-state index in [1.807, 2.05) is 12.1 Å². The Morgan fingerprint density at radius 3 is 2.58 bits per heavy atom. The third-order valence-electron chi connectivity index (χ3n) is 3.96. The molecule has 3 nitrogen and oxygen atoms in total. The van der Waals surface area contributed by atoms with E-state index in [2.05, 4.69) is 10.3 Å². The van der Waals surface area contributed by atoms with Crippen LogP contribution in [0.3, 0.4) is 0 Å². The summed E-state index contributed by atoms with van der Waals surface area (Å²) in [5.41, 5.74) is 7.29. The van der Waals surface area contributed by atoms with E-state index in [9.17, 15) is 4.39 Å². The summed E-state index contributed by atoms with van der Waals surface area (Å²) in [6, 6.07) is 7.33. The zero-order chi connectivity index (χ0) is 13.3. The van der Waals surface area contributed by atoms with Crippen LogP contribution >= 0.6 is 0 Å². The second-order valence-corrected chi connectivity index (χ2v) is 5.92. The molecule has 102 valence electrons. The molecule has 0 bridgehead atoms. The number of hydrogen-bond donors (Lipinski definition) is 2. The molecule has 2 aliphatic rings. The second kappa shape index (κ2) is 4.83. The molecule has 0 saturated heterocycles. The molecule has 0 aromatic heterocycles. The van der Waals surface area contributed by atoms with Gasteiger partial charge in [-0.2, -0.15) is 0 Å². The lowest BCUT2D eigenvalue weighted by Crippen LogP contribution is -2.34. The molecular weight excluding hydrogens is 241 g/mol. The number of nitrogens with zero attached hydrogens (tertiary/aromatic N) is 1. The normalized spacial score (nSPS) is 21.2. The summed E-state index contributed by atoms with van der Waals surface area (Å²) in [4.78, 5) is 4.46. The molecule has 0 spiro atoms. The first-order chi connectivity index (χ1) is 9.15. The second-order valence-electron chi connectivity index (χ2n) is 5.92. The van der Waals surface area contributed by atoms with E-state index in [1.54, 1.807) is 0 Å². The number of hydrogen-bond acceptors (Lipinski definition) is 1. The highest BCUT2D eigenvalue weighted by molar-refractivity contribution is 5.78. The van der Waals surface area contributed by atoms with Crippen LogP contribution in [-0.4, -0.2) is 18.5 Å². The van der Waals surface area contributed by atoms with Crippen molar-refractivity contribution in [3.63, 3.8) is 0 Å². The van der Waals surface area contributed by atoms with Crippen molar-refractivity contribution >= 4 is 5.96 Å². The van der Waals surface area contributed by atoms with Crippen LogP contribution in [0.1, 0.15) is 31.2 Å². The Bertz CT molecular complexity index is 473. The van der Waals surface area contributed by atoms with E-state index in [0.29, 0.717) is 12.0 Å². The SMILES string of the molecule is NC(=NCC1(Cc2ccc(F)cc2)CC1)NC1CC1. The van der Waals surface area contributed by atoms with E-state index in [0.717, 1.165) is 13.0 Å². The first-order valence-corrected chi connectivity index (χ1v) is 6.96. The van der Waals surface area contributed by atoms with Gasteiger partial charge in [-0.25, -0.2) is 4.39 Å². The number of nitrogens with one attached hydrogen (secondary N) is 1. The van der Waals surface area contributed by atoms with Crippen LogP contribution in [0.15, 0.2) is 29.3 Å². The highest BCUT2D eigenvalue weighted by atomic mass is 19.1. The standard InChI is InChI=1S/C15H20FN3/c16-12-3-1-11(2-4-12)9-15(7-8-15)10-18-14(17)19-13-5-6-13/h1-4,13H,5-10H2,(H3,17,18,19). The Labute approximate surface area is 113 Å². The van der Waals surface area contributed by atoms with Gasteiger partial charge in [-0.3, -0.25) is 4.99 Å². The van der Waals surface area contributed by atoms with Gasteiger partial charge < -0.3 is 11.1 Å². The molecule has 0 aliphatic heterocycles. The predicted octanol–water partition coefficient (Wildman–Crippen LogP) is 2.22. The molecule has 2 saturated carbocycles. The van der Waals surface area contributed by atoms with Crippen molar-refractivity contribution in [2.45, 2.75) is 38.1 Å². The quantitative estimate of drug-likeness (QED) is 0.630. The summed E-state index contributed by atoms with van der Waals surface area (Å²) in [5.74, 6) is 0.400. The summed E-state index contributed by atoms with van der Waals surface area (Å²) in [6.07, 6.45) is 5.75. The largest absolute Gasteiger partial charge is 0.370 e. The minimum atomic E-state index is -0.176. The monoisotopic (exact) mass is 261 g/mol. The van der Waals surface area contributed by atoms with Gasteiger partial charge in [0.05, 0.1) is 0 Å². The van der Waals surface area contributed by atoms with Crippen molar-refractivity contribution < 1.29 is 4.39 Å². The molecule has 0 unspecified atom stereocenters. The van der Waals surface area contributed by atoms with Gasteiger partial charge in [-0.1, -0.05) is 12.1 Å². The first-order valence-electron chi connectivity index (χ1n) is 6.96. The Kier molecular flexibility index (Phi) is 3.17. The summed E-state index contributed by atoms with van der Waals surface area (Å²) in [7, 11) is 0. The van der Waals surface area contributed by atoms with Crippen molar-refractivity contribution in [3.05, 3.63) is 35.6 Å². The molecule has 2 aliphatic carbocycles. The van der Waals surface area contributed by atoms with Gasteiger partial charge in [-0.05, 0) is 55.2 Å². The Morgan fingerprint density at radius 2 is 2.00 bits per heavy atom. The lowest BCUT2D eigenvalue weighted by molar-refractivity contribution is 0.520. The Hall–Kier alpha value is -1.58. The third kappa shape index (κ3) is 3.46. The van der Waals surface area contributed by atoms with Crippen molar-refractivity contribution in [1.29, 1.82) is 0 Å². The van der Waals surface area contributed by atoms with Crippen molar-refractivity contribution in [2.75, 3.05) is 6.54 Å². The van der Waals surface area contributed by atoms with Crippen molar-refractivity contribution in [1.82, 2.24) is 5.32 Å². The molecule has 2 fully saturated rings. The van der Waals surface area contributed by atoms with Gasteiger partial charge in [0.1, 0.15) is 5.82 Å². The highest BCUT2D eigenvalue weighted by Crippen LogP contribution is 2.48. The highest BCUT2D eigenvalue weighted by Gasteiger charge is 2.42. The number of benzene rings is 1. The van der Waals surface area contributed by atoms with Crippen LogP contribution in [0.2, 0.25) is 0 Å². The maximum Gasteiger partial charge on any atom is 0.188 e. The molecule has 3 N–H and O–H groups in total. The fourth-order valence-corrected chi connectivity index (χ4v) is 2.34.